The molecular weight excluding hydrogens is 356 g/mol. The van der Waals surface area contributed by atoms with E-state index in [0.29, 0.717) is 17.9 Å². The number of benzene rings is 1. The van der Waals surface area contributed by atoms with Crippen molar-refractivity contribution in [2.45, 2.75) is 53.8 Å². The number of carbonyl (C=O) groups excluding carboxylic acids is 1. The van der Waals surface area contributed by atoms with Crippen molar-refractivity contribution in [1.29, 1.82) is 0 Å². The van der Waals surface area contributed by atoms with Gasteiger partial charge in [-0.05, 0) is 58.9 Å². The molecule has 0 saturated heterocycles. The number of nitrogens with one attached hydrogen (secondary N) is 1. The second kappa shape index (κ2) is 8.29. The molecule has 1 amide bonds. The molecule has 0 bridgehead atoms. The molecule has 3 aromatic rings. The predicted molar refractivity (Wildman–Crippen MR) is 105 cm³/mol. The van der Waals surface area contributed by atoms with E-state index in [4.69, 9.17) is 9.26 Å². The van der Waals surface area contributed by atoms with Gasteiger partial charge in [0, 0.05) is 23.9 Å². The fourth-order valence-corrected chi connectivity index (χ4v) is 3.04. The summed E-state index contributed by atoms with van der Waals surface area (Å²) in [6.45, 7) is 10.9. The summed E-state index contributed by atoms with van der Waals surface area (Å²) in [7, 11) is 0. The summed E-state index contributed by atoms with van der Waals surface area (Å²) < 4.78 is 12.8. The largest absolute Gasteiger partial charge is 0.489 e. The van der Waals surface area contributed by atoms with Gasteiger partial charge in [0.15, 0.2) is 0 Å². The Balaban J connectivity index is 1.61. The third kappa shape index (κ3) is 4.24. The average Bonchev–Trinajstić information content (AvgIpc) is 3.22. The minimum absolute atomic E-state index is 0.122. The second-order valence-electron chi connectivity index (χ2n) is 6.84. The van der Waals surface area contributed by atoms with Gasteiger partial charge in [0.05, 0.1) is 23.0 Å². The van der Waals surface area contributed by atoms with E-state index in [1.807, 2.05) is 45.5 Å². The number of rotatable bonds is 7. The molecule has 1 unspecified atom stereocenters. The Bertz CT molecular complexity index is 937. The van der Waals surface area contributed by atoms with E-state index in [9.17, 15) is 4.79 Å². The highest BCUT2D eigenvalue weighted by Crippen LogP contribution is 2.20. The van der Waals surface area contributed by atoms with E-state index in [-0.39, 0.29) is 11.9 Å². The Kier molecular flexibility index (Phi) is 5.82. The molecule has 1 aromatic carbocycles. The van der Waals surface area contributed by atoms with Gasteiger partial charge in [-0.3, -0.25) is 9.48 Å². The predicted octanol–water partition coefficient (Wildman–Crippen LogP) is 3.89. The van der Waals surface area contributed by atoms with Crippen LogP contribution in [0.4, 0.5) is 0 Å². The monoisotopic (exact) mass is 382 g/mol. The van der Waals surface area contributed by atoms with Crippen molar-refractivity contribution in [3.05, 3.63) is 64.3 Å². The number of ether oxygens (including phenoxy) is 1. The molecule has 0 spiro atoms. The summed E-state index contributed by atoms with van der Waals surface area (Å²) >= 11 is 0. The van der Waals surface area contributed by atoms with Crippen LogP contribution in [-0.2, 0) is 13.2 Å². The summed E-state index contributed by atoms with van der Waals surface area (Å²) in [4.78, 5) is 12.6. The van der Waals surface area contributed by atoms with Gasteiger partial charge in [-0.25, -0.2) is 0 Å². The average molecular weight is 382 g/mol. The lowest BCUT2D eigenvalue weighted by Crippen LogP contribution is -2.26. The van der Waals surface area contributed by atoms with Crippen molar-refractivity contribution in [3.63, 3.8) is 0 Å². The molecule has 2 heterocycles. The van der Waals surface area contributed by atoms with Crippen LogP contribution < -0.4 is 10.1 Å². The maximum atomic E-state index is 12.6. The highest BCUT2D eigenvalue weighted by atomic mass is 16.5. The van der Waals surface area contributed by atoms with Crippen LogP contribution in [0.15, 0.2) is 35.0 Å². The quantitative estimate of drug-likeness (QED) is 0.670. The number of amides is 1. The number of carbonyl (C=O) groups is 1. The van der Waals surface area contributed by atoms with Gasteiger partial charge in [-0.15, -0.1) is 0 Å². The first kappa shape index (κ1) is 19.7. The van der Waals surface area contributed by atoms with Gasteiger partial charge in [0.2, 0.25) is 0 Å². The normalized spacial score (nSPS) is 12.0. The van der Waals surface area contributed by atoms with Crippen molar-refractivity contribution in [2.24, 2.45) is 0 Å². The van der Waals surface area contributed by atoms with E-state index >= 15 is 0 Å². The Hall–Kier alpha value is -3.09. The van der Waals surface area contributed by atoms with Crippen LogP contribution >= 0.6 is 0 Å². The van der Waals surface area contributed by atoms with Crippen LogP contribution in [0.3, 0.4) is 0 Å². The summed E-state index contributed by atoms with van der Waals surface area (Å²) in [6, 6.07) is 6.97. The zero-order valence-corrected chi connectivity index (χ0v) is 16.9. The van der Waals surface area contributed by atoms with Crippen LogP contribution in [-0.4, -0.2) is 20.8 Å². The molecule has 0 saturated carbocycles. The molecule has 0 radical (unpaired) electrons. The molecule has 0 fully saturated rings. The SMILES string of the molecule is CCn1cc(C(C)NC(=O)c2ccc(OCc3c(C)noc3C)cc2)c(C)n1. The number of aromatic nitrogens is 3. The molecule has 0 aliphatic rings. The fourth-order valence-electron chi connectivity index (χ4n) is 3.04. The first-order valence-electron chi connectivity index (χ1n) is 9.38. The van der Waals surface area contributed by atoms with Gasteiger partial charge in [0.1, 0.15) is 18.1 Å². The van der Waals surface area contributed by atoms with E-state index in [1.165, 1.54) is 0 Å². The first-order valence-corrected chi connectivity index (χ1v) is 9.38. The summed E-state index contributed by atoms with van der Waals surface area (Å²) in [6.07, 6.45) is 1.98. The number of hydrogen-bond acceptors (Lipinski definition) is 5. The second-order valence-corrected chi connectivity index (χ2v) is 6.84. The molecule has 3 rings (SSSR count). The van der Waals surface area contributed by atoms with E-state index in [2.05, 4.69) is 15.6 Å². The molecule has 1 atom stereocenters. The highest BCUT2D eigenvalue weighted by Gasteiger charge is 2.16. The van der Waals surface area contributed by atoms with Gasteiger partial charge in [-0.1, -0.05) is 5.16 Å². The lowest BCUT2D eigenvalue weighted by molar-refractivity contribution is 0.0940. The zero-order valence-electron chi connectivity index (χ0n) is 16.9. The van der Waals surface area contributed by atoms with Crippen molar-refractivity contribution in [3.8, 4) is 5.75 Å². The van der Waals surface area contributed by atoms with Crippen LogP contribution in [0.2, 0.25) is 0 Å². The number of hydrogen-bond donors (Lipinski definition) is 1. The van der Waals surface area contributed by atoms with Crippen LogP contribution in [0.1, 0.15) is 58.5 Å². The molecule has 7 heteroatoms. The molecule has 7 nitrogen and oxygen atoms in total. The number of aryl methyl sites for hydroxylation is 4. The van der Waals surface area contributed by atoms with Crippen molar-refractivity contribution < 1.29 is 14.1 Å². The summed E-state index contributed by atoms with van der Waals surface area (Å²) in [5.74, 6) is 1.31. The van der Waals surface area contributed by atoms with Crippen LogP contribution in [0.25, 0.3) is 0 Å². The summed E-state index contributed by atoms with van der Waals surface area (Å²) in [5, 5.41) is 11.4. The lowest BCUT2D eigenvalue weighted by atomic mass is 10.1. The van der Waals surface area contributed by atoms with Gasteiger partial charge < -0.3 is 14.6 Å². The van der Waals surface area contributed by atoms with Crippen molar-refractivity contribution >= 4 is 5.91 Å². The standard InChI is InChI=1S/C21H26N4O3/c1-6-25-11-19(14(3)23-25)13(2)22-21(26)17-7-9-18(10-8-17)27-12-20-15(4)24-28-16(20)5/h7-11,13H,6,12H2,1-5H3,(H,22,26). The number of nitrogens with zero attached hydrogens (tertiary/aromatic N) is 3. The fraction of sp³-hybridized carbons (Fsp3) is 0.381. The van der Waals surface area contributed by atoms with E-state index in [0.717, 1.165) is 34.8 Å². The molecule has 1 N–H and O–H groups in total. The molecule has 148 valence electrons. The minimum Gasteiger partial charge on any atom is -0.489 e. The molecule has 28 heavy (non-hydrogen) atoms. The maximum absolute atomic E-state index is 12.6. The Morgan fingerprint density at radius 2 is 1.93 bits per heavy atom. The topological polar surface area (TPSA) is 82.2 Å². The van der Waals surface area contributed by atoms with Gasteiger partial charge in [0.25, 0.3) is 5.91 Å². The molecular formula is C21H26N4O3. The third-order valence-corrected chi connectivity index (χ3v) is 4.80. The van der Waals surface area contributed by atoms with Gasteiger partial charge in [-0.2, -0.15) is 5.10 Å². The molecule has 0 aliphatic carbocycles. The van der Waals surface area contributed by atoms with Crippen molar-refractivity contribution in [1.82, 2.24) is 20.3 Å². The molecule has 2 aromatic heterocycles. The third-order valence-electron chi connectivity index (χ3n) is 4.80. The summed E-state index contributed by atoms with van der Waals surface area (Å²) in [5.41, 5.74) is 4.30. The van der Waals surface area contributed by atoms with E-state index < -0.39 is 0 Å². The van der Waals surface area contributed by atoms with Crippen LogP contribution in [0.5, 0.6) is 5.75 Å². The van der Waals surface area contributed by atoms with Gasteiger partial charge >= 0.3 is 0 Å². The maximum Gasteiger partial charge on any atom is 0.251 e. The Morgan fingerprint density at radius 1 is 1.21 bits per heavy atom. The smallest absolute Gasteiger partial charge is 0.251 e. The highest BCUT2D eigenvalue weighted by molar-refractivity contribution is 5.94. The Morgan fingerprint density at radius 3 is 2.50 bits per heavy atom. The van der Waals surface area contributed by atoms with Crippen molar-refractivity contribution in [2.75, 3.05) is 0 Å². The van der Waals surface area contributed by atoms with Crippen LogP contribution in [0, 0.1) is 20.8 Å². The molecule has 0 aliphatic heterocycles. The minimum atomic E-state index is -0.131. The first-order chi connectivity index (χ1) is 13.4. The Labute approximate surface area is 164 Å². The lowest BCUT2D eigenvalue weighted by Gasteiger charge is -2.13. The zero-order chi connectivity index (χ0) is 20.3. The van der Waals surface area contributed by atoms with E-state index in [1.54, 1.807) is 24.3 Å².